The summed E-state index contributed by atoms with van der Waals surface area (Å²) in [6.07, 6.45) is 1.87. The fraction of sp³-hybridized carbons (Fsp3) is 0.182. The van der Waals surface area contributed by atoms with E-state index in [0.29, 0.717) is 23.4 Å². The van der Waals surface area contributed by atoms with Crippen LogP contribution in [0.15, 0.2) is 65.1 Å². The average Bonchev–Trinajstić information content (AvgIpc) is 3.42. The van der Waals surface area contributed by atoms with Crippen LogP contribution in [0.1, 0.15) is 39.3 Å². The topological polar surface area (TPSA) is 76.5 Å². The Labute approximate surface area is 161 Å². The lowest BCUT2D eigenvalue weighted by molar-refractivity contribution is 0.0698. The van der Waals surface area contributed by atoms with Crippen LogP contribution in [0, 0.1) is 5.82 Å². The van der Waals surface area contributed by atoms with Gasteiger partial charge in [0.2, 0.25) is 5.91 Å². The molecule has 0 spiro atoms. The van der Waals surface area contributed by atoms with Gasteiger partial charge < -0.3 is 15.1 Å². The Morgan fingerprint density at radius 1 is 1.04 bits per heavy atom. The summed E-state index contributed by atoms with van der Waals surface area (Å²) in [6.45, 7) is 0.401. The molecule has 1 aliphatic carbocycles. The lowest BCUT2D eigenvalue weighted by Gasteiger charge is -2.21. The number of halogens is 1. The second-order valence-electron chi connectivity index (χ2n) is 6.87. The van der Waals surface area contributed by atoms with Crippen LogP contribution in [0.5, 0.6) is 0 Å². The first-order chi connectivity index (χ1) is 13.5. The maximum atomic E-state index is 14.0. The number of hydrogen-bond acceptors (Lipinski definition) is 3. The third kappa shape index (κ3) is 3.67. The normalized spacial score (nSPS) is 13.3. The molecule has 0 atom stereocenters. The molecule has 1 aromatic heterocycles. The highest BCUT2D eigenvalue weighted by Gasteiger charge is 2.34. The molecule has 1 saturated carbocycles. The van der Waals surface area contributed by atoms with E-state index in [1.165, 1.54) is 6.07 Å². The Morgan fingerprint density at radius 3 is 2.39 bits per heavy atom. The van der Waals surface area contributed by atoms with Crippen LogP contribution in [-0.2, 0) is 6.54 Å². The number of primary amides is 1. The van der Waals surface area contributed by atoms with E-state index in [9.17, 15) is 14.0 Å². The minimum Gasteiger partial charge on any atom is -0.451 e. The van der Waals surface area contributed by atoms with Gasteiger partial charge in [-0.2, -0.15) is 0 Å². The highest BCUT2D eigenvalue weighted by atomic mass is 19.1. The number of amides is 2. The van der Waals surface area contributed by atoms with Crippen molar-refractivity contribution in [3.05, 3.63) is 83.4 Å². The average molecular weight is 378 g/mol. The smallest absolute Gasteiger partial charge is 0.290 e. The van der Waals surface area contributed by atoms with Crippen molar-refractivity contribution < 1.29 is 18.4 Å². The Kier molecular flexibility index (Phi) is 4.69. The van der Waals surface area contributed by atoms with Gasteiger partial charge in [0.05, 0.1) is 5.56 Å². The number of nitrogens with two attached hydrogens (primary N) is 1. The third-order valence-electron chi connectivity index (χ3n) is 4.80. The fourth-order valence-corrected chi connectivity index (χ4v) is 3.12. The Bertz CT molecular complexity index is 1020. The zero-order chi connectivity index (χ0) is 19.7. The van der Waals surface area contributed by atoms with Crippen molar-refractivity contribution >= 4 is 11.8 Å². The predicted octanol–water partition coefficient (Wildman–Crippen LogP) is 3.99. The molecule has 0 bridgehead atoms. The molecule has 2 N–H and O–H groups in total. The molecular weight excluding hydrogens is 359 g/mol. The molecular formula is C22H19FN2O3. The Hall–Kier alpha value is -3.41. The van der Waals surface area contributed by atoms with Gasteiger partial charge in [0.25, 0.3) is 5.91 Å². The monoisotopic (exact) mass is 378 g/mol. The summed E-state index contributed by atoms with van der Waals surface area (Å²) in [5.41, 5.74) is 6.91. The zero-order valence-electron chi connectivity index (χ0n) is 15.1. The molecule has 1 heterocycles. The van der Waals surface area contributed by atoms with Gasteiger partial charge in [0.1, 0.15) is 11.6 Å². The van der Waals surface area contributed by atoms with Gasteiger partial charge in [0, 0.05) is 18.2 Å². The van der Waals surface area contributed by atoms with Crippen molar-refractivity contribution in [1.29, 1.82) is 0 Å². The third-order valence-corrected chi connectivity index (χ3v) is 4.80. The van der Waals surface area contributed by atoms with Crippen LogP contribution in [0.3, 0.4) is 0 Å². The molecule has 2 amide bonds. The maximum Gasteiger partial charge on any atom is 0.290 e. The number of hydrogen-bond donors (Lipinski definition) is 1. The summed E-state index contributed by atoms with van der Waals surface area (Å²) in [7, 11) is 0. The molecule has 0 aliphatic heterocycles. The number of carbonyl (C=O) groups excluding carboxylic acids is 2. The predicted molar refractivity (Wildman–Crippen MR) is 102 cm³/mol. The van der Waals surface area contributed by atoms with Gasteiger partial charge in [-0.3, -0.25) is 9.59 Å². The molecule has 1 aliphatic rings. The first-order valence-electron chi connectivity index (χ1n) is 9.07. The SMILES string of the molecule is NC(=O)c1ccc(CN(C(=O)c2ccc(-c3ccccc3F)o2)C2CC2)cc1. The van der Waals surface area contributed by atoms with Crippen molar-refractivity contribution in [1.82, 2.24) is 4.90 Å². The second kappa shape index (κ2) is 7.31. The number of nitrogens with zero attached hydrogens (tertiary/aromatic N) is 1. The summed E-state index contributed by atoms with van der Waals surface area (Å²) in [5.74, 6) is -0.617. The van der Waals surface area contributed by atoms with Crippen molar-refractivity contribution in [2.75, 3.05) is 0 Å². The largest absolute Gasteiger partial charge is 0.451 e. The van der Waals surface area contributed by atoms with Crippen LogP contribution < -0.4 is 5.73 Å². The summed E-state index contributed by atoms with van der Waals surface area (Å²) in [4.78, 5) is 26.0. The van der Waals surface area contributed by atoms with Gasteiger partial charge in [-0.1, -0.05) is 24.3 Å². The molecule has 142 valence electrons. The van der Waals surface area contributed by atoms with Crippen molar-refractivity contribution in [2.24, 2.45) is 5.73 Å². The molecule has 0 radical (unpaired) electrons. The van der Waals surface area contributed by atoms with Crippen LogP contribution in [0.25, 0.3) is 11.3 Å². The van der Waals surface area contributed by atoms with E-state index in [4.69, 9.17) is 10.2 Å². The molecule has 28 heavy (non-hydrogen) atoms. The van der Waals surface area contributed by atoms with Gasteiger partial charge in [-0.25, -0.2) is 4.39 Å². The molecule has 4 rings (SSSR count). The molecule has 5 nitrogen and oxygen atoms in total. The first kappa shape index (κ1) is 18.0. The standard InChI is InChI=1S/C22H19FN2O3/c23-18-4-2-1-3-17(18)19-11-12-20(28-19)22(27)25(16-9-10-16)13-14-5-7-15(8-6-14)21(24)26/h1-8,11-12,16H,9-10,13H2,(H2,24,26). The first-order valence-corrected chi connectivity index (χ1v) is 9.07. The van der Waals surface area contributed by atoms with Gasteiger partial charge in [-0.15, -0.1) is 0 Å². The fourth-order valence-electron chi connectivity index (χ4n) is 3.12. The summed E-state index contributed by atoms with van der Waals surface area (Å²) < 4.78 is 19.6. The van der Waals surface area contributed by atoms with Crippen LogP contribution in [0.2, 0.25) is 0 Å². The highest BCUT2D eigenvalue weighted by Crippen LogP contribution is 2.31. The summed E-state index contributed by atoms with van der Waals surface area (Å²) >= 11 is 0. The van der Waals surface area contributed by atoms with Crippen molar-refractivity contribution in [2.45, 2.75) is 25.4 Å². The number of carbonyl (C=O) groups is 2. The van der Waals surface area contributed by atoms with Gasteiger partial charge in [0.15, 0.2) is 5.76 Å². The van der Waals surface area contributed by atoms with Crippen LogP contribution in [-0.4, -0.2) is 22.8 Å². The van der Waals surface area contributed by atoms with E-state index in [2.05, 4.69) is 0 Å². The Balaban J connectivity index is 1.55. The molecule has 2 aromatic carbocycles. The number of benzene rings is 2. The van der Waals surface area contributed by atoms with Crippen molar-refractivity contribution in [3.63, 3.8) is 0 Å². The lowest BCUT2D eigenvalue weighted by Crippen LogP contribution is -2.32. The molecule has 1 fully saturated rings. The lowest BCUT2D eigenvalue weighted by atomic mass is 10.1. The molecule has 0 saturated heterocycles. The van der Waals surface area contributed by atoms with Crippen LogP contribution >= 0.6 is 0 Å². The molecule has 6 heteroatoms. The minimum atomic E-state index is -0.488. The molecule has 0 unspecified atom stereocenters. The number of rotatable bonds is 6. The van der Waals surface area contributed by atoms with Gasteiger partial charge in [-0.05, 0) is 54.8 Å². The summed E-state index contributed by atoms with van der Waals surface area (Å²) in [6, 6.07) is 16.5. The van der Waals surface area contributed by atoms with Gasteiger partial charge >= 0.3 is 0 Å². The maximum absolute atomic E-state index is 14.0. The van der Waals surface area contributed by atoms with E-state index in [0.717, 1.165) is 18.4 Å². The quantitative estimate of drug-likeness (QED) is 0.705. The Morgan fingerprint density at radius 2 is 1.75 bits per heavy atom. The number of furan rings is 1. The molecule has 3 aromatic rings. The van der Waals surface area contributed by atoms with E-state index < -0.39 is 11.7 Å². The summed E-state index contributed by atoms with van der Waals surface area (Å²) in [5, 5.41) is 0. The van der Waals surface area contributed by atoms with E-state index >= 15 is 0 Å². The minimum absolute atomic E-state index is 0.158. The van der Waals surface area contributed by atoms with E-state index in [1.54, 1.807) is 59.5 Å². The van der Waals surface area contributed by atoms with E-state index in [-0.39, 0.29) is 17.7 Å². The second-order valence-corrected chi connectivity index (χ2v) is 6.87. The highest BCUT2D eigenvalue weighted by molar-refractivity contribution is 5.93. The van der Waals surface area contributed by atoms with E-state index in [1.807, 2.05) is 0 Å². The van der Waals surface area contributed by atoms with Crippen molar-refractivity contribution in [3.8, 4) is 11.3 Å². The van der Waals surface area contributed by atoms with Crippen LogP contribution in [0.4, 0.5) is 4.39 Å². The zero-order valence-corrected chi connectivity index (χ0v) is 15.1.